The molecule has 1 amide bonds. The van der Waals surface area contributed by atoms with Crippen molar-refractivity contribution >= 4 is 11.9 Å². The number of nitrogens with one attached hydrogen (secondary N) is 2. The number of aliphatic carboxylic acids is 1. The lowest BCUT2D eigenvalue weighted by molar-refractivity contribution is -0.141. The van der Waals surface area contributed by atoms with Gasteiger partial charge >= 0.3 is 5.97 Å². The summed E-state index contributed by atoms with van der Waals surface area (Å²) in [6, 6.07) is 0.655. The van der Waals surface area contributed by atoms with Crippen LogP contribution in [0.2, 0.25) is 0 Å². The molecule has 2 atom stereocenters. The molecule has 1 rings (SSSR count). The highest BCUT2D eigenvalue weighted by Crippen LogP contribution is 2.17. The molecule has 0 aromatic rings. The Morgan fingerprint density at radius 3 is 2.50 bits per heavy atom. The number of carboxylic acids is 1. The molecular weight excluding hydrogens is 232 g/mol. The molecule has 104 valence electrons. The molecule has 1 aliphatic rings. The van der Waals surface area contributed by atoms with Crippen LogP contribution in [0.4, 0.5) is 0 Å². The zero-order valence-corrected chi connectivity index (χ0v) is 11.2. The van der Waals surface area contributed by atoms with E-state index in [2.05, 4.69) is 10.6 Å². The molecule has 0 heterocycles. The van der Waals surface area contributed by atoms with Crippen LogP contribution >= 0.6 is 0 Å². The molecule has 1 saturated carbocycles. The van der Waals surface area contributed by atoms with Crippen LogP contribution in [-0.2, 0) is 9.59 Å². The van der Waals surface area contributed by atoms with E-state index in [9.17, 15) is 9.59 Å². The number of hydrogen-bond acceptors (Lipinski definition) is 3. The lowest BCUT2D eigenvalue weighted by atomic mass is 10.0. The summed E-state index contributed by atoms with van der Waals surface area (Å²) in [7, 11) is 0. The van der Waals surface area contributed by atoms with Gasteiger partial charge in [-0.1, -0.05) is 13.3 Å². The summed E-state index contributed by atoms with van der Waals surface area (Å²) in [5, 5.41) is 14.8. The van der Waals surface area contributed by atoms with Gasteiger partial charge in [0, 0.05) is 12.1 Å². The van der Waals surface area contributed by atoms with E-state index in [0.29, 0.717) is 19.0 Å². The van der Waals surface area contributed by atoms with Crippen LogP contribution in [-0.4, -0.2) is 35.6 Å². The number of carboxylic acid groups (broad SMARTS) is 1. The van der Waals surface area contributed by atoms with E-state index in [0.717, 1.165) is 12.8 Å². The first-order valence-electron chi connectivity index (χ1n) is 6.74. The van der Waals surface area contributed by atoms with Crippen molar-refractivity contribution in [3.63, 3.8) is 0 Å². The molecule has 0 aromatic carbocycles. The Hall–Kier alpha value is -1.10. The van der Waals surface area contributed by atoms with Crippen molar-refractivity contribution in [1.29, 1.82) is 0 Å². The Morgan fingerprint density at radius 1 is 1.28 bits per heavy atom. The van der Waals surface area contributed by atoms with E-state index in [1.165, 1.54) is 12.8 Å². The standard InChI is InChI=1S/C13H24N2O3/c1-9(13(17)18)4-3-5-10(2)15-12(16)8-14-11-6-7-11/h9-11,14H,3-8H2,1-2H3,(H,15,16)(H,17,18). The van der Waals surface area contributed by atoms with Gasteiger partial charge in [-0.05, 0) is 32.6 Å². The average molecular weight is 256 g/mol. The van der Waals surface area contributed by atoms with Crippen LogP contribution in [0, 0.1) is 5.92 Å². The minimum Gasteiger partial charge on any atom is -0.481 e. The van der Waals surface area contributed by atoms with E-state index < -0.39 is 5.97 Å². The predicted molar refractivity (Wildman–Crippen MR) is 69.3 cm³/mol. The molecule has 1 aliphatic carbocycles. The van der Waals surface area contributed by atoms with Crippen molar-refractivity contribution in [2.45, 2.75) is 58.0 Å². The van der Waals surface area contributed by atoms with Gasteiger partial charge in [-0.25, -0.2) is 0 Å². The first-order valence-corrected chi connectivity index (χ1v) is 6.74. The average Bonchev–Trinajstić information content (AvgIpc) is 3.09. The highest BCUT2D eigenvalue weighted by molar-refractivity contribution is 5.78. The molecule has 0 aliphatic heterocycles. The Kier molecular flexibility index (Phi) is 6.12. The van der Waals surface area contributed by atoms with E-state index in [1.807, 2.05) is 6.92 Å². The van der Waals surface area contributed by atoms with Gasteiger partial charge < -0.3 is 15.7 Å². The summed E-state index contributed by atoms with van der Waals surface area (Å²) in [4.78, 5) is 22.2. The number of carbonyl (C=O) groups is 2. The van der Waals surface area contributed by atoms with Gasteiger partial charge in [0.05, 0.1) is 12.5 Å². The Bertz CT molecular complexity index is 290. The summed E-state index contributed by atoms with van der Waals surface area (Å²) in [6.45, 7) is 4.06. The maximum Gasteiger partial charge on any atom is 0.306 e. The third kappa shape index (κ3) is 6.59. The van der Waals surface area contributed by atoms with Crippen molar-refractivity contribution in [1.82, 2.24) is 10.6 Å². The molecular formula is C13H24N2O3. The highest BCUT2D eigenvalue weighted by Gasteiger charge is 2.21. The van der Waals surface area contributed by atoms with Crippen LogP contribution in [0.25, 0.3) is 0 Å². The smallest absolute Gasteiger partial charge is 0.306 e. The Labute approximate surface area is 108 Å². The molecule has 0 spiro atoms. The molecule has 1 fully saturated rings. The SMILES string of the molecule is CC(CCCC(C)C(=O)O)NC(=O)CNC1CC1. The van der Waals surface area contributed by atoms with Crippen molar-refractivity contribution in [2.24, 2.45) is 5.92 Å². The minimum absolute atomic E-state index is 0.0284. The lowest BCUT2D eigenvalue weighted by Crippen LogP contribution is -2.39. The zero-order chi connectivity index (χ0) is 13.5. The summed E-state index contributed by atoms with van der Waals surface area (Å²) < 4.78 is 0. The predicted octanol–water partition coefficient (Wildman–Crippen LogP) is 1.13. The monoisotopic (exact) mass is 256 g/mol. The first-order chi connectivity index (χ1) is 8.49. The largest absolute Gasteiger partial charge is 0.481 e. The number of hydrogen-bond donors (Lipinski definition) is 3. The molecule has 0 bridgehead atoms. The molecule has 0 aromatic heterocycles. The second kappa shape index (κ2) is 7.36. The molecule has 3 N–H and O–H groups in total. The van der Waals surface area contributed by atoms with E-state index in [4.69, 9.17) is 5.11 Å². The van der Waals surface area contributed by atoms with E-state index >= 15 is 0 Å². The van der Waals surface area contributed by atoms with Crippen LogP contribution < -0.4 is 10.6 Å². The molecule has 0 radical (unpaired) electrons. The van der Waals surface area contributed by atoms with Crippen LogP contribution in [0.15, 0.2) is 0 Å². The van der Waals surface area contributed by atoms with Gasteiger partial charge in [-0.3, -0.25) is 9.59 Å². The normalized spacial score (nSPS) is 18.1. The van der Waals surface area contributed by atoms with Crippen LogP contribution in [0.5, 0.6) is 0 Å². The van der Waals surface area contributed by atoms with Gasteiger partial charge in [0.25, 0.3) is 0 Å². The van der Waals surface area contributed by atoms with Crippen molar-refractivity contribution in [3.05, 3.63) is 0 Å². The van der Waals surface area contributed by atoms with Crippen LogP contribution in [0.1, 0.15) is 46.0 Å². The van der Waals surface area contributed by atoms with Gasteiger partial charge in [0.15, 0.2) is 0 Å². The van der Waals surface area contributed by atoms with Crippen LogP contribution in [0.3, 0.4) is 0 Å². The number of amides is 1. The molecule has 2 unspecified atom stereocenters. The summed E-state index contributed by atoms with van der Waals surface area (Å²) in [5.41, 5.74) is 0. The molecule has 0 saturated heterocycles. The molecule has 5 nitrogen and oxygen atoms in total. The van der Waals surface area contributed by atoms with Gasteiger partial charge in [-0.15, -0.1) is 0 Å². The van der Waals surface area contributed by atoms with Gasteiger partial charge in [-0.2, -0.15) is 0 Å². The fraction of sp³-hybridized carbons (Fsp3) is 0.846. The molecule has 18 heavy (non-hydrogen) atoms. The van der Waals surface area contributed by atoms with Crippen molar-refractivity contribution in [3.8, 4) is 0 Å². The second-order valence-electron chi connectivity index (χ2n) is 5.29. The summed E-state index contributed by atoms with van der Waals surface area (Å²) in [6.07, 6.45) is 4.67. The Morgan fingerprint density at radius 2 is 1.94 bits per heavy atom. The molecule has 5 heteroatoms. The second-order valence-corrected chi connectivity index (χ2v) is 5.29. The minimum atomic E-state index is -0.750. The third-order valence-corrected chi connectivity index (χ3v) is 3.23. The fourth-order valence-electron chi connectivity index (χ4n) is 1.78. The summed E-state index contributed by atoms with van der Waals surface area (Å²) in [5.74, 6) is -1.02. The highest BCUT2D eigenvalue weighted by atomic mass is 16.4. The Balaban J connectivity index is 2.02. The first kappa shape index (κ1) is 15.0. The quantitative estimate of drug-likeness (QED) is 0.578. The topological polar surface area (TPSA) is 78.4 Å². The third-order valence-electron chi connectivity index (χ3n) is 3.23. The van der Waals surface area contributed by atoms with Gasteiger partial charge in [0.2, 0.25) is 5.91 Å². The number of rotatable bonds is 9. The summed E-state index contributed by atoms with van der Waals surface area (Å²) >= 11 is 0. The maximum absolute atomic E-state index is 11.5. The number of carbonyl (C=O) groups excluding carboxylic acids is 1. The zero-order valence-electron chi connectivity index (χ0n) is 11.2. The maximum atomic E-state index is 11.5. The van der Waals surface area contributed by atoms with Gasteiger partial charge in [0.1, 0.15) is 0 Å². The fourth-order valence-corrected chi connectivity index (χ4v) is 1.78. The van der Waals surface area contributed by atoms with E-state index in [-0.39, 0.29) is 17.9 Å². The van der Waals surface area contributed by atoms with Crippen molar-refractivity contribution in [2.75, 3.05) is 6.54 Å². The van der Waals surface area contributed by atoms with E-state index in [1.54, 1.807) is 6.92 Å². The van der Waals surface area contributed by atoms with Crippen molar-refractivity contribution < 1.29 is 14.7 Å². The lowest BCUT2D eigenvalue weighted by Gasteiger charge is -2.14.